The quantitative estimate of drug-likeness (QED) is 0.685. The third-order valence-electron chi connectivity index (χ3n) is 2.31. The lowest BCUT2D eigenvalue weighted by molar-refractivity contribution is -0.132. The van der Waals surface area contributed by atoms with Crippen molar-refractivity contribution in [3.8, 4) is 0 Å². The highest BCUT2D eigenvalue weighted by atomic mass is 16.4. The third kappa shape index (κ3) is 7.11. The van der Waals surface area contributed by atoms with E-state index in [0.29, 0.717) is 5.57 Å². The van der Waals surface area contributed by atoms with Crippen molar-refractivity contribution < 1.29 is 15.0 Å². The third-order valence-corrected chi connectivity index (χ3v) is 2.31. The molecule has 0 aromatic rings. The van der Waals surface area contributed by atoms with Crippen LogP contribution in [0.3, 0.4) is 0 Å². The molecule has 0 heterocycles. The number of aliphatic hydroxyl groups excluding tert-OH is 1. The van der Waals surface area contributed by atoms with Gasteiger partial charge in [0.1, 0.15) is 6.23 Å². The zero-order valence-electron chi connectivity index (χ0n) is 9.73. The molecular weight excluding hydrogens is 194 g/mol. The first-order valence-electron chi connectivity index (χ1n) is 5.22. The standard InChI is InChI=1S/C7H10O2.C4H11NO/c8-7(9)6-4-2-1-3-5-6;1-4(6)5(2)3/h4H,1-3,5H2,(H,8,9);4,6H,1-3H3. The minimum Gasteiger partial charge on any atom is -0.478 e. The predicted molar refractivity (Wildman–Crippen MR) is 59.6 cm³/mol. The van der Waals surface area contributed by atoms with Crippen LogP contribution < -0.4 is 0 Å². The number of aliphatic hydroxyl groups is 1. The number of allylic oxidation sites excluding steroid dienone is 1. The van der Waals surface area contributed by atoms with Gasteiger partial charge in [0, 0.05) is 5.57 Å². The fraction of sp³-hybridized carbons (Fsp3) is 0.727. The van der Waals surface area contributed by atoms with Crippen LogP contribution in [0.25, 0.3) is 0 Å². The number of carboxylic acid groups (broad SMARTS) is 1. The summed E-state index contributed by atoms with van der Waals surface area (Å²) in [6, 6.07) is 0. The molecule has 1 atom stereocenters. The van der Waals surface area contributed by atoms with Crippen molar-refractivity contribution in [3.05, 3.63) is 11.6 Å². The zero-order chi connectivity index (χ0) is 11.8. The van der Waals surface area contributed by atoms with Gasteiger partial charge < -0.3 is 10.2 Å². The van der Waals surface area contributed by atoms with Gasteiger partial charge in [0.15, 0.2) is 0 Å². The molecule has 1 rings (SSSR count). The Morgan fingerprint density at radius 3 is 2.20 bits per heavy atom. The molecule has 0 fully saturated rings. The smallest absolute Gasteiger partial charge is 0.331 e. The predicted octanol–water partition coefficient (Wildman–Crippen LogP) is 1.46. The molecule has 0 amide bonds. The van der Waals surface area contributed by atoms with E-state index >= 15 is 0 Å². The number of carbonyl (C=O) groups is 1. The molecule has 0 bridgehead atoms. The van der Waals surface area contributed by atoms with Crippen LogP contribution in [-0.2, 0) is 4.79 Å². The SMILES string of the molecule is CC(O)N(C)C.O=C(O)C1=CCCCC1. The lowest BCUT2D eigenvalue weighted by atomic mass is 10.0. The molecule has 88 valence electrons. The summed E-state index contributed by atoms with van der Waals surface area (Å²) in [7, 11) is 3.65. The molecule has 2 N–H and O–H groups in total. The average Bonchev–Trinajstić information content (AvgIpc) is 2.20. The molecule has 0 aromatic heterocycles. The Morgan fingerprint density at radius 2 is 2.00 bits per heavy atom. The van der Waals surface area contributed by atoms with Crippen molar-refractivity contribution in [3.63, 3.8) is 0 Å². The maximum absolute atomic E-state index is 10.3. The summed E-state index contributed by atoms with van der Waals surface area (Å²) in [4.78, 5) is 12.0. The second kappa shape index (κ2) is 7.43. The van der Waals surface area contributed by atoms with Crippen molar-refractivity contribution >= 4 is 5.97 Å². The Hall–Kier alpha value is -0.870. The maximum atomic E-state index is 10.3. The number of rotatable bonds is 2. The maximum Gasteiger partial charge on any atom is 0.331 e. The fourth-order valence-electron chi connectivity index (χ4n) is 1.03. The summed E-state index contributed by atoms with van der Waals surface area (Å²) in [6.07, 6.45) is 5.41. The molecule has 0 saturated carbocycles. The summed E-state index contributed by atoms with van der Waals surface area (Å²) in [5, 5.41) is 17.0. The summed E-state index contributed by atoms with van der Waals surface area (Å²) in [6.45, 7) is 1.72. The lowest BCUT2D eigenvalue weighted by Crippen LogP contribution is -2.23. The first kappa shape index (κ1) is 14.1. The van der Waals surface area contributed by atoms with Crippen LogP contribution in [0.2, 0.25) is 0 Å². The molecule has 0 aromatic carbocycles. The number of hydrogen-bond acceptors (Lipinski definition) is 3. The molecule has 0 spiro atoms. The van der Waals surface area contributed by atoms with Crippen LogP contribution in [-0.4, -0.2) is 41.4 Å². The second-order valence-corrected chi connectivity index (χ2v) is 3.88. The van der Waals surface area contributed by atoms with E-state index in [-0.39, 0.29) is 6.23 Å². The van der Waals surface area contributed by atoms with E-state index in [1.54, 1.807) is 11.8 Å². The highest BCUT2D eigenvalue weighted by Crippen LogP contribution is 2.16. The number of hydrogen-bond donors (Lipinski definition) is 2. The van der Waals surface area contributed by atoms with Gasteiger partial charge in [-0.2, -0.15) is 0 Å². The minimum absolute atomic E-state index is 0.315. The van der Waals surface area contributed by atoms with E-state index in [2.05, 4.69) is 0 Å². The largest absolute Gasteiger partial charge is 0.478 e. The normalized spacial score (nSPS) is 17.5. The average molecular weight is 215 g/mol. The van der Waals surface area contributed by atoms with Crippen LogP contribution in [0, 0.1) is 0 Å². The lowest BCUT2D eigenvalue weighted by Gasteiger charge is -2.11. The van der Waals surface area contributed by atoms with Gasteiger partial charge in [-0.1, -0.05) is 6.08 Å². The van der Waals surface area contributed by atoms with E-state index in [1.165, 1.54) is 0 Å². The molecular formula is C11H21NO3. The first-order chi connectivity index (χ1) is 6.95. The van der Waals surface area contributed by atoms with E-state index in [0.717, 1.165) is 25.7 Å². The Morgan fingerprint density at radius 1 is 1.47 bits per heavy atom. The van der Waals surface area contributed by atoms with Crippen LogP contribution >= 0.6 is 0 Å². The molecule has 4 nitrogen and oxygen atoms in total. The van der Waals surface area contributed by atoms with Crippen molar-refractivity contribution in [1.29, 1.82) is 0 Å². The molecule has 1 unspecified atom stereocenters. The van der Waals surface area contributed by atoms with Gasteiger partial charge in [0.2, 0.25) is 0 Å². The molecule has 0 saturated heterocycles. The summed E-state index contributed by atoms with van der Waals surface area (Å²) in [5.74, 6) is -0.741. The fourth-order valence-corrected chi connectivity index (χ4v) is 1.03. The van der Waals surface area contributed by atoms with Gasteiger partial charge in [0.05, 0.1) is 0 Å². The van der Waals surface area contributed by atoms with Crippen molar-refractivity contribution in [2.24, 2.45) is 0 Å². The summed E-state index contributed by atoms with van der Waals surface area (Å²) in [5.41, 5.74) is 0.598. The van der Waals surface area contributed by atoms with Gasteiger partial charge in [-0.15, -0.1) is 0 Å². The van der Waals surface area contributed by atoms with E-state index in [1.807, 2.05) is 20.2 Å². The van der Waals surface area contributed by atoms with Crippen LogP contribution in [0.4, 0.5) is 0 Å². The summed E-state index contributed by atoms with van der Waals surface area (Å²) < 4.78 is 0. The zero-order valence-corrected chi connectivity index (χ0v) is 9.73. The Labute approximate surface area is 91.2 Å². The number of nitrogens with zero attached hydrogens (tertiary/aromatic N) is 1. The molecule has 0 aliphatic heterocycles. The number of carboxylic acids is 1. The van der Waals surface area contributed by atoms with Crippen molar-refractivity contribution in [2.45, 2.75) is 38.8 Å². The highest BCUT2D eigenvalue weighted by molar-refractivity contribution is 5.86. The molecule has 4 heteroatoms. The van der Waals surface area contributed by atoms with Crippen LogP contribution in [0.1, 0.15) is 32.6 Å². The molecule has 0 radical (unpaired) electrons. The Bertz CT molecular complexity index is 216. The van der Waals surface area contributed by atoms with Crippen LogP contribution in [0.5, 0.6) is 0 Å². The highest BCUT2D eigenvalue weighted by Gasteiger charge is 2.08. The van der Waals surface area contributed by atoms with E-state index in [4.69, 9.17) is 10.2 Å². The van der Waals surface area contributed by atoms with Crippen LogP contribution in [0.15, 0.2) is 11.6 Å². The van der Waals surface area contributed by atoms with E-state index in [9.17, 15) is 4.79 Å². The second-order valence-electron chi connectivity index (χ2n) is 3.88. The van der Waals surface area contributed by atoms with Gasteiger partial charge in [-0.3, -0.25) is 4.90 Å². The van der Waals surface area contributed by atoms with Crippen molar-refractivity contribution in [1.82, 2.24) is 4.90 Å². The van der Waals surface area contributed by atoms with E-state index < -0.39 is 5.97 Å². The van der Waals surface area contributed by atoms with Crippen molar-refractivity contribution in [2.75, 3.05) is 14.1 Å². The Balaban J connectivity index is 0.000000288. The monoisotopic (exact) mass is 215 g/mol. The molecule has 1 aliphatic rings. The van der Waals surface area contributed by atoms with Gasteiger partial charge in [-0.05, 0) is 46.7 Å². The number of aliphatic carboxylic acids is 1. The topological polar surface area (TPSA) is 60.8 Å². The van der Waals surface area contributed by atoms with Gasteiger partial charge >= 0.3 is 5.97 Å². The first-order valence-corrected chi connectivity index (χ1v) is 5.22. The summed E-state index contributed by atoms with van der Waals surface area (Å²) >= 11 is 0. The van der Waals surface area contributed by atoms with Gasteiger partial charge in [0.25, 0.3) is 0 Å². The molecule has 15 heavy (non-hydrogen) atoms. The minimum atomic E-state index is -0.741. The molecule has 1 aliphatic carbocycles. The van der Waals surface area contributed by atoms with Gasteiger partial charge in [-0.25, -0.2) is 4.79 Å². The Kier molecular flexibility index (Phi) is 6.99.